The number of anilines is 1. The fourth-order valence-electron chi connectivity index (χ4n) is 2.29. The first kappa shape index (κ1) is 18.9. The van der Waals surface area contributed by atoms with Crippen molar-refractivity contribution < 1.29 is 19.2 Å². The molecule has 136 valence electrons. The van der Waals surface area contributed by atoms with Gasteiger partial charge in [0.2, 0.25) is 5.91 Å². The Morgan fingerprint density at radius 1 is 1.19 bits per heavy atom. The van der Waals surface area contributed by atoms with Gasteiger partial charge in [-0.25, -0.2) is 0 Å². The third kappa shape index (κ3) is 5.04. The van der Waals surface area contributed by atoms with Crippen molar-refractivity contribution in [2.24, 2.45) is 0 Å². The number of methoxy groups -OCH3 is 1. The highest BCUT2D eigenvalue weighted by atomic mass is 16.6. The standard InChI is InChI=1S/C18H19N3O5/c1-12-4-3-5-13(10-12)18(23)19-9-8-17(22)20-15-7-6-14(21(24)25)11-16(15)26-2/h3-7,10-11H,8-9H2,1-2H3,(H,19,23)(H,20,22). The molecule has 0 aliphatic carbocycles. The van der Waals surface area contributed by atoms with Crippen molar-refractivity contribution in [2.45, 2.75) is 13.3 Å². The van der Waals surface area contributed by atoms with Gasteiger partial charge in [0, 0.05) is 24.6 Å². The summed E-state index contributed by atoms with van der Waals surface area (Å²) in [4.78, 5) is 34.3. The molecule has 2 aromatic carbocycles. The Balaban J connectivity index is 1.89. The van der Waals surface area contributed by atoms with Crippen molar-refractivity contribution >= 4 is 23.2 Å². The van der Waals surface area contributed by atoms with Crippen LogP contribution in [-0.4, -0.2) is 30.4 Å². The van der Waals surface area contributed by atoms with Crippen LogP contribution in [0.3, 0.4) is 0 Å². The number of amides is 2. The van der Waals surface area contributed by atoms with Crippen molar-refractivity contribution in [3.8, 4) is 5.75 Å². The summed E-state index contributed by atoms with van der Waals surface area (Å²) in [5, 5.41) is 16.1. The van der Waals surface area contributed by atoms with Gasteiger partial charge in [0.05, 0.1) is 23.8 Å². The van der Waals surface area contributed by atoms with Crippen LogP contribution in [-0.2, 0) is 4.79 Å². The molecule has 0 saturated heterocycles. The van der Waals surface area contributed by atoms with E-state index in [9.17, 15) is 19.7 Å². The average Bonchev–Trinajstić information content (AvgIpc) is 2.61. The highest BCUT2D eigenvalue weighted by Crippen LogP contribution is 2.28. The first-order chi connectivity index (χ1) is 12.4. The minimum Gasteiger partial charge on any atom is -0.494 e. The molecule has 8 heteroatoms. The number of nitro groups is 1. The number of ether oxygens (including phenoxy) is 1. The molecule has 0 heterocycles. The maximum Gasteiger partial charge on any atom is 0.273 e. The summed E-state index contributed by atoms with van der Waals surface area (Å²) in [6.07, 6.45) is 0.0533. The van der Waals surface area contributed by atoms with Gasteiger partial charge in [-0.3, -0.25) is 19.7 Å². The second-order valence-corrected chi connectivity index (χ2v) is 5.57. The van der Waals surface area contributed by atoms with E-state index in [1.54, 1.807) is 18.2 Å². The number of nitro benzene ring substituents is 1. The van der Waals surface area contributed by atoms with Gasteiger partial charge < -0.3 is 15.4 Å². The number of carbonyl (C=O) groups is 2. The number of nitrogens with zero attached hydrogens (tertiary/aromatic N) is 1. The highest BCUT2D eigenvalue weighted by molar-refractivity contribution is 5.95. The Labute approximate surface area is 150 Å². The van der Waals surface area contributed by atoms with E-state index in [0.717, 1.165) is 5.56 Å². The molecule has 0 radical (unpaired) electrons. The number of hydrogen-bond donors (Lipinski definition) is 2. The van der Waals surface area contributed by atoms with Crippen molar-refractivity contribution in [3.05, 3.63) is 63.7 Å². The molecule has 26 heavy (non-hydrogen) atoms. The Hall–Kier alpha value is -3.42. The molecule has 0 saturated carbocycles. The maximum absolute atomic E-state index is 12.0. The maximum atomic E-state index is 12.0. The molecule has 2 amide bonds. The average molecular weight is 357 g/mol. The van der Waals surface area contributed by atoms with Gasteiger partial charge >= 0.3 is 0 Å². The summed E-state index contributed by atoms with van der Waals surface area (Å²) in [7, 11) is 1.36. The van der Waals surface area contributed by atoms with Crippen LogP contribution >= 0.6 is 0 Å². The fourth-order valence-corrected chi connectivity index (χ4v) is 2.29. The molecule has 2 N–H and O–H groups in total. The quantitative estimate of drug-likeness (QED) is 0.585. The van der Waals surface area contributed by atoms with E-state index in [2.05, 4.69) is 10.6 Å². The number of hydrogen-bond acceptors (Lipinski definition) is 5. The predicted octanol–water partition coefficient (Wildman–Crippen LogP) is 2.67. The third-order valence-corrected chi connectivity index (χ3v) is 3.59. The van der Waals surface area contributed by atoms with Gasteiger partial charge in [0.1, 0.15) is 5.75 Å². The van der Waals surface area contributed by atoms with Crippen molar-refractivity contribution in [1.82, 2.24) is 5.32 Å². The Bertz CT molecular complexity index is 835. The molecule has 0 fully saturated rings. The van der Waals surface area contributed by atoms with E-state index in [0.29, 0.717) is 11.3 Å². The molecule has 0 atom stereocenters. The molecule has 0 bridgehead atoms. The molecule has 2 aromatic rings. The number of aryl methyl sites for hydroxylation is 1. The van der Waals surface area contributed by atoms with Crippen LogP contribution in [0.5, 0.6) is 5.75 Å². The Kier molecular flexibility index (Phi) is 6.26. The lowest BCUT2D eigenvalue weighted by Gasteiger charge is -2.10. The number of benzene rings is 2. The fraction of sp³-hybridized carbons (Fsp3) is 0.222. The van der Waals surface area contributed by atoms with Gasteiger partial charge in [-0.2, -0.15) is 0 Å². The summed E-state index contributed by atoms with van der Waals surface area (Å²) in [6, 6.07) is 11.0. The van der Waals surface area contributed by atoms with Crippen molar-refractivity contribution in [2.75, 3.05) is 19.0 Å². The first-order valence-corrected chi connectivity index (χ1v) is 7.88. The van der Waals surface area contributed by atoms with E-state index >= 15 is 0 Å². The molecule has 0 unspecified atom stereocenters. The van der Waals surface area contributed by atoms with Crippen LogP contribution in [0.4, 0.5) is 11.4 Å². The number of rotatable bonds is 7. The lowest BCUT2D eigenvalue weighted by atomic mass is 10.1. The second-order valence-electron chi connectivity index (χ2n) is 5.57. The number of nitrogens with one attached hydrogen (secondary N) is 2. The van der Waals surface area contributed by atoms with Gasteiger partial charge in [-0.1, -0.05) is 17.7 Å². The van der Waals surface area contributed by atoms with Crippen LogP contribution in [0.1, 0.15) is 22.3 Å². The molecule has 0 aliphatic heterocycles. The molecule has 2 rings (SSSR count). The second kappa shape index (κ2) is 8.61. The van der Waals surface area contributed by atoms with E-state index in [-0.39, 0.29) is 36.2 Å². The zero-order valence-electron chi connectivity index (χ0n) is 14.4. The smallest absolute Gasteiger partial charge is 0.273 e. The molecular weight excluding hydrogens is 338 g/mol. The van der Waals surface area contributed by atoms with Crippen LogP contribution in [0.15, 0.2) is 42.5 Å². The van der Waals surface area contributed by atoms with E-state index in [1.165, 1.54) is 25.3 Å². The van der Waals surface area contributed by atoms with Gasteiger partial charge in [0.15, 0.2) is 0 Å². The molecule has 8 nitrogen and oxygen atoms in total. The molecule has 0 aromatic heterocycles. The lowest BCUT2D eigenvalue weighted by molar-refractivity contribution is -0.384. The van der Waals surface area contributed by atoms with E-state index in [1.807, 2.05) is 13.0 Å². The monoisotopic (exact) mass is 357 g/mol. The third-order valence-electron chi connectivity index (χ3n) is 3.59. The minimum absolute atomic E-state index is 0.0533. The first-order valence-electron chi connectivity index (χ1n) is 7.88. The SMILES string of the molecule is COc1cc([N+](=O)[O-])ccc1NC(=O)CCNC(=O)c1cccc(C)c1. The number of carbonyl (C=O) groups excluding carboxylic acids is 2. The molecular formula is C18H19N3O5. The molecule has 0 spiro atoms. The Morgan fingerprint density at radius 2 is 1.96 bits per heavy atom. The zero-order chi connectivity index (χ0) is 19.1. The minimum atomic E-state index is -0.547. The summed E-state index contributed by atoms with van der Waals surface area (Å²) < 4.78 is 5.06. The van der Waals surface area contributed by atoms with Crippen LogP contribution in [0.25, 0.3) is 0 Å². The van der Waals surface area contributed by atoms with Crippen LogP contribution < -0.4 is 15.4 Å². The van der Waals surface area contributed by atoms with E-state index < -0.39 is 4.92 Å². The summed E-state index contributed by atoms with van der Waals surface area (Å²) >= 11 is 0. The summed E-state index contributed by atoms with van der Waals surface area (Å²) in [6.45, 7) is 2.05. The van der Waals surface area contributed by atoms with Gasteiger partial charge in [-0.05, 0) is 25.1 Å². The largest absolute Gasteiger partial charge is 0.494 e. The lowest BCUT2D eigenvalue weighted by Crippen LogP contribution is -2.27. The predicted molar refractivity (Wildman–Crippen MR) is 96.4 cm³/mol. The van der Waals surface area contributed by atoms with Crippen LogP contribution in [0, 0.1) is 17.0 Å². The molecule has 0 aliphatic rings. The normalized spacial score (nSPS) is 10.1. The van der Waals surface area contributed by atoms with Gasteiger partial charge in [0.25, 0.3) is 11.6 Å². The van der Waals surface area contributed by atoms with Gasteiger partial charge in [-0.15, -0.1) is 0 Å². The van der Waals surface area contributed by atoms with E-state index in [4.69, 9.17) is 4.74 Å². The summed E-state index contributed by atoms with van der Waals surface area (Å²) in [5.41, 5.74) is 1.70. The highest BCUT2D eigenvalue weighted by Gasteiger charge is 2.13. The van der Waals surface area contributed by atoms with Crippen molar-refractivity contribution in [1.29, 1.82) is 0 Å². The topological polar surface area (TPSA) is 111 Å². The van der Waals surface area contributed by atoms with Crippen molar-refractivity contribution in [3.63, 3.8) is 0 Å². The zero-order valence-corrected chi connectivity index (χ0v) is 14.4. The summed E-state index contributed by atoms with van der Waals surface area (Å²) in [5.74, 6) is -0.410. The van der Waals surface area contributed by atoms with Crippen LogP contribution in [0.2, 0.25) is 0 Å². The Morgan fingerprint density at radius 3 is 2.62 bits per heavy atom. The number of non-ortho nitro benzene ring substituents is 1.